The fourth-order valence-electron chi connectivity index (χ4n) is 1.19. The second-order valence-electron chi connectivity index (χ2n) is 3.27. The van der Waals surface area contributed by atoms with Crippen LogP contribution >= 0.6 is 15.9 Å². The molecule has 0 unspecified atom stereocenters. The highest BCUT2D eigenvalue weighted by molar-refractivity contribution is 9.10. The lowest BCUT2D eigenvalue weighted by Gasteiger charge is -2.00. The Morgan fingerprint density at radius 1 is 1.50 bits per heavy atom. The molecular formula is C12H15BrFNO. The molecule has 88 valence electrons. The van der Waals surface area contributed by atoms with Crippen LogP contribution in [0.1, 0.15) is 5.56 Å². The van der Waals surface area contributed by atoms with Crippen molar-refractivity contribution in [3.05, 3.63) is 40.1 Å². The van der Waals surface area contributed by atoms with Gasteiger partial charge in [-0.1, -0.05) is 28.1 Å². The van der Waals surface area contributed by atoms with Crippen LogP contribution in [-0.4, -0.2) is 26.8 Å². The Hall–Kier alpha value is -0.710. The molecule has 0 aliphatic rings. The normalized spacial score (nSPS) is 11.2. The molecule has 0 radical (unpaired) electrons. The van der Waals surface area contributed by atoms with E-state index in [1.54, 1.807) is 25.3 Å². The first-order valence-electron chi connectivity index (χ1n) is 5.05. The zero-order chi connectivity index (χ0) is 11.8. The highest BCUT2D eigenvalue weighted by Gasteiger charge is 1.97. The topological polar surface area (TPSA) is 21.3 Å². The summed E-state index contributed by atoms with van der Waals surface area (Å²) < 4.78 is 19.1. The Balaban J connectivity index is 2.40. The van der Waals surface area contributed by atoms with Crippen LogP contribution in [-0.2, 0) is 4.74 Å². The van der Waals surface area contributed by atoms with E-state index >= 15 is 0 Å². The Bertz CT molecular complexity index is 355. The zero-order valence-electron chi connectivity index (χ0n) is 9.17. The smallest absolute Gasteiger partial charge is 0.130 e. The van der Waals surface area contributed by atoms with Crippen LogP contribution in [0.4, 0.5) is 4.39 Å². The van der Waals surface area contributed by atoms with Gasteiger partial charge >= 0.3 is 0 Å². The standard InChI is InChI=1S/C12H15BrFNO/c1-16-8-7-15-6-2-3-10-9-11(13)4-5-12(10)14/h2-5,9,15H,6-8H2,1H3. The molecule has 0 aliphatic carbocycles. The number of rotatable bonds is 6. The SMILES string of the molecule is COCCNCC=Cc1cc(Br)ccc1F. The van der Waals surface area contributed by atoms with E-state index in [0.29, 0.717) is 18.7 Å². The molecule has 0 spiro atoms. The average Bonchev–Trinajstić information content (AvgIpc) is 2.28. The van der Waals surface area contributed by atoms with Crippen molar-refractivity contribution in [2.24, 2.45) is 0 Å². The first kappa shape index (κ1) is 13.4. The molecule has 1 aromatic rings. The van der Waals surface area contributed by atoms with E-state index in [1.807, 2.05) is 6.08 Å². The molecule has 0 amide bonds. The van der Waals surface area contributed by atoms with Gasteiger partial charge in [0.2, 0.25) is 0 Å². The summed E-state index contributed by atoms with van der Waals surface area (Å²) in [5.74, 6) is -0.212. The van der Waals surface area contributed by atoms with Crippen LogP contribution in [0.5, 0.6) is 0 Å². The summed E-state index contributed by atoms with van der Waals surface area (Å²) in [7, 11) is 1.66. The van der Waals surface area contributed by atoms with E-state index in [0.717, 1.165) is 11.0 Å². The molecular weight excluding hydrogens is 273 g/mol. The lowest BCUT2D eigenvalue weighted by atomic mass is 10.2. The van der Waals surface area contributed by atoms with Crippen molar-refractivity contribution < 1.29 is 9.13 Å². The van der Waals surface area contributed by atoms with Gasteiger partial charge in [0.15, 0.2) is 0 Å². The highest BCUT2D eigenvalue weighted by atomic mass is 79.9. The summed E-state index contributed by atoms with van der Waals surface area (Å²) in [6, 6.07) is 4.88. The molecule has 4 heteroatoms. The molecule has 0 fully saturated rings. The van der Waals surface area contributed by atoms with Crippen molar-refractivity contribution in [1.82, 2.24) is 5.32 Å². The van der Waals surface area contributed by atoms with Crippen LogP contribution < -0.4 is 5.32 Å². The number of nitrogens with one attached hydrogen (secondary N) is 1. The zero-order valence-corrected chi connectivity index (χ0v) is 10.8. The minimum absolute atomic E-state index is 0.212. The van der Waals surface area contributed by atoms with Gasteiger partial charge in [-0.15, -0.1) is 0 Å². The van der Waals surface area contributed by atoms with E-state index in [4.69, 9.17) is 4.74 Å². The maximum Gasteiger partial charge on any atom is 0.130 e. The Morgan fingerprint density at radius 3 is 3.06 bits per heavy atom. The van der Waals surface area contributed by atoms with Gasteiger partial charge in [0, 0.05) is 30.2 Å². The highest BCUT2D eigenvalue weighted by Crippen LogP contribution is 2.16. The summed E-state index contributed by atoms with van der Waals surface area (Å²) in [6.45, 7) is 2.18. The molecule has 0 aliphatic heterocycles. The number of benzene rings is 1. The van der Waals surface area contributed by atoms with E-state index in [9.17, 15) is 4.39 Å². The number of hydrogen-bond acceptors (Lipinski definition) is 2. The monoisotopic (exact) mass is 287 g/mol. The number of methoxy groups -OCH3 is 1. The third kappa shape index (κ3) is 4.88. The lowest BCUT2D eigenvalue weighted by Crippen LogP contribution is -2.18. The Morgan fingerprint density at radius 2 is 2.31 bits per heavy atom. The van der Waals surface area contributed by atoms with Crippen molar-refractivity contribution in [2.45, 2.75) is 0 Å². The molecule has 1 N–H and O–H groups in total. The first-order chi connectivity index (χ1) is 7.74. The molecule has 0 atom stereocenters. The second-order valence-corrected chi connectivity index (χ2v) is 4.18. The molecule has 0 aromatic heterocycles. The van der Waals surface area contributed by atoms with Gasteiger partial charge < -0.3 is 10.1 Å². The van der Waals surface area contributed by atoms with Gasteiger partial charge in [-0.25, -0.2) is 4.39 Å². The van der Waals surface area contributed by atoms with Crippen LogP contribution in [0, 0.1) is 5.82 Å². The first-order valence-corrected chi connectivity index (χ1v) is 5.84. The fraction of sp³-hybridized carbons (Fsp3) is 0.333. The van der Waals surface area contributed by atoms with Gasteiger partial charge in [-0.3, -0.25) is 0 Å². The Kier molecular flexibility index (Phi) is 6.30. The predicted molar refractivity (Wildman–Crippen MR) is 67.9 cm³/mol. The van der Waals surface area contributed by atoms with Crippen molar-refractivity contribution in [3.8, 4) is 0 Å². The van der Waals surface area contributed by atoms with Gasteiger partial charge in [-0.05, 0) is 18.2 Å². The fourth-order valence-corrected chi connectivity index (χ4v) is 1.57. The lowest BCUT2D eigenvalue weighted by molar-refractivity contribution is 0.200. The minimum Gasteiger partial charge on any atom is -0.383 e. The van der Waals surface area contributed by atoms with Crippen LogP contribution in [0.25, 0.3) is 6.08 Å². The Labute approximate surface area is 104 Å². The van der Waals surface area contributed by atoms with Crippen molar-refractivity contribution in [2.75, 3.05) is 26.8 Å². The minimum atomic E-state index is -0.212. The van der Waals surface area contributed by atoms with Crippen LogP contribution in [0.15, 0.2) is 28.7 Å². The molecule has 0 saturated heterocycles. The average molecular weight is 288 g/mol. The quantitative estimate of drug-likeness (QED) is 0.813. The molecule has 16 heavy (non-hydrogen) atoms. The molecule has 1 aromatic carbocycles. The number of hydrogen-bond donors (Lipinski definition) is 1. The summed E-state index contributed by atoms with van der Waals surface area (Å²) in [6.07, 6.45) is 3.65. The third-order valence-electron chi connectivity index (χ3n) is 2.00. The van der Waals surface area contributed by atoms with E-state index in [-0.39, 0.29) is 5.82 Å². The van der Waals surface area contributed by atoms with Gasteiger partial charge in [-0.2, -0.15) is 0 Å². The molecule has 1 rings (SSSR count). The van der Waals surface area contributed by atoms with Crippen molar-refractivity contribution in [3.63, 3.8) is 0 Å². The maximum atomic E-state index is 13.3. The van der Waals surface area contributed by atoms with Gasteiger partial charge in [0.1, 0.15) is 5.82 Å². The number of halogens is 2. The van der Waals surface area contributed by atoms with E-state index in [1.165, 1.54) is 6.07 Å². The molecule has 2 nitrogen and oxygen atoms in total. The van der Waals surface area contributed by atoms with Crippen LogP contribution in [0.2, 0.25) is 0 Å². The molecule has 0 heterocycles. The third-order valence-corrected chi connectivity index (χ3v) is 2.49. The van der Waals surface area contributed by atoms with Gasteiger partial charge in [0.25, 0.3) is 0 Å². The molecule has 0 bridgehead atoms. The number of ether oxygens (including phenoxy) is 1. The maximum absolute atomic E-state index is 13.3. The van der Waals surface area contributed by atoms with Crippen LogP contribution in [0.3, 0.4) is 0 Å². The predicted octanol–water partition coefficient (Wildman–Crippen LogP) is 2.84. The van der Waals surface area contributed by atoms with Gasteiger partial charge in [0.05, 0.1) is 6.61 Å². The summed E-state index contributed by atoms with van der Waals surface area (Å²) in [5, 5.41) is 3.14. The second kappa shape index (κ2) is 7.54. The van der Waals surface area contributed by atoms with Crippen molar-refractivity contribution in [1.29, 1.82) is 0 Å². The summed E-state index contributed by atoms with van der Waals surface area (Å²) in [4.78, 5) is 0. The van der Waals surface area contributed by atoms with E-state index < -0.39 is 0 Å². The summed E-state index contributed by atoms with van der Waals surface area (Å²) >= 11 is 3.31. The molecule has 0 saturated carbocycles. The largest absolute Gasteiger partial charge is 0.383 e. The van der Waals surface area contributed by atoms with E-state index in [2.05, 4.69) is 21.2 Å². The van der Waals surface area contributed by atoms with Crippen molar-refractivity contribution >= 4 is 22.0 Å². The summed E-state index contributed by atoms with van der Waals surface area (Å²) in [5.41, 5.74) is 0.586.